The van der Waals surface area contributed by atoms with Gasteiger partial charge in [-0.2, -0.15) is 0 Å². The van der Waals surface area contributed by atoms with Crippen molar-refractivity contribution in [1.29, 1.82) is 0 Å². The Kier molecular flexibility index (Phi) is 2.48. The van der Waals surface area contributed by atoms with E-state index >= 15 is 0 Å². The van der Waals surface area contributed by atoms with Gasteiger partial charge in [0.1, 0.15) is 5.65 Å². The number of rotatable bonds is 4. The Morgan fingerprint density at radius 3 is 2.90 bits per heavy atom. The zero-order chi connectivity index (χ0) is 13.5. The number of fused-ring (bicyclic) bond motifs is 1. The van der Waals surface area contributed by atoms with E-state index in [-0.39, 0.29) is 0 Å². The summed E-state index contributed by atoms with van der Waals surface area (Å²) in [5, 5.41) is 11.0. The number of aromatic nitrogens is 5. The lowest BCUT2D eigenvalue weighted by atomic mass is 10.2. The molecule has 0 amide bonds. The molecule has 1 N–H and O–H groups in total. The van der Waals surface area contributed by atoms with Gasteiger partial charge in [-0.25, -0.2) is 9.67 Å². The fraction of sp³-hybridized carbons (Fsp3) is 0.357. The Morgan fingerprint density at radius 1 is 1.25 bits per heavy atom. The van der Waals surface area contributed by atoms with Crippen molar-refractivity contribution in [1.82, 2.24) is 24.4 Å². The summed E-state index contributed by atoms with van der Waals surface area (Å²) in [7, 11) is 1.83. The van der Waals surface area contributed by atoms with Crippen LogP contribution in [0.5, 0.6) is 0 Å². The lowest BCUT2D eigenvalue weighted by Gasteiger charge is -1.98. The van der Waals surface area contributed by atoms with Crippen molar-refractivity contribution >= 4 is 11.5 Å². The van der Waals surface area contributed by atoms with Crippen molar-refractivity contribution in [2.45, 2.75) is 25.3 Å². The zero-order valence-electron chi connectivity index (χ0n) is 11.3. The molecule has 1 fully saturated rings. The average molecular weight is 268 g/mol. The van der Waals surface area contributed by atoms with Gasteiger partial charge in [0.25, 0.3) is 0 Å². The van der Waals surface area contributed by atoms with Crippen LogP contribution in [-0.4, -0.2) is 31.4 Å². The summed E-state index contributed by atoms with van der Waals surface area (Å²) in [6, 6.07) is 4.29. The van der Waals surface area contributed by atoms with Gasteiger partial charge in [0.15, 0.2) is 5.82 Å². The van der Waals surface area contributed by atoms with Crippen LogP contribution in [0.1, 0.15) is 30.0 Å². The molecule has 1 aliphatic carbocycles. The fourth-order valence-corrected chi connectivity index (χ4v) is 2.45. The Hall–Kier alpha value is -2.37. The first-order chi connectivity index (χ1) is 9.81. The van der Waals surface area contributed by atoms with Gasteiger partial charge < -0.3 is 9.72 Å². The Balaban J connectivity index is 1.62. The Morgan fingerprint density at radius 2 is 2.15 bits per heavy atom. The number of hydrogen-bond donors (Lipinski definition) is 1. The van der Waals surface area contributed by atoms with Gasteiger partial charge in [0, 0.05) is 19.4 Å². The molecule has 0 aliphatic heterocycles. The summed E-state index contributed by atoms with van der Waals surface area (Å²) < 4.78 is 3.90. The molecule has 20 heavy (non-hydrogen) atoms. The van der Waals surface area contributed by atoms with Crippen LogP contribution in [0.4, 0.5) is 5.82 Å². The number of pyridine rings is 1. The normalized spacial score (nSPS) is 14.8. The van der Waals surface area contributed by atoms with Crippen LogP contribution < -0.4 is 5.32 Å². The van der Waals surface area contributed by atoms with E-state index in [2.05, 4.69) is 49.5 Å². The summed E-state index contributed by atoms with van der Waals surface area (Å²) >= 11 is 0. The maximum Gasteiger partial charge on any atom is 0.168 e. The van der Waals surface area contributed by atoms with Gasteiger partial charge in [-0.1, -0.05) is 11.3 Å². The molecule has 0 atom stereocenters. The van der Waals surface area contributed by atoms with Gasteiger partial charge in [-0.3, -0.25) is 0 Å². The molecule has 0 saturated heterocycles. The molecule has 1 saturated carbocycles. The van der Waals surface area contributed by atoms with Crippen molar-refractivity contribution in [3.63, 3.8) is 0 Å². The minimum atomic E-state index is 0.634. The molecule has 0 aromatic carbocycles. The van der Waals surface area contributed by atoms with E-state index in [0.29, 0.717) is 6.54 Å². The molecule has 1 aliphatic rings. The molecule has 102 valence electrons. The Bertz CT molecular complexity index is 752. The lowest BCUT2D eigenvalue weighted by Crippen LogP contribution is -2.00. The maximum atomic E-state index is 4.62. The highest BCUT2D eigenvalue weighted by molar-refractivity contribution is 5.42. The summed E-state index contributed by atoms with van der Waals surface area (Å²) in [6.07, 6.45) is 8.78. The van der Waals surface area contributed by atoms with Gasteiger partial charge in [-0.15, -0.1) is 5.10 Å². The molecule has 3 aromatic rings. The molecular weight excluding hydrogens is 252 g/mol. The van der Waals surface area contributed by atoms with Crippen molar-refractivity contribution in [3.8, 4) is 0 Å². The van der Waals surface area contributed by atoms with E-state index in [0.717, 1.165) is 23.1 Å². The second kappa shape index (κ2) is 4.33. The fourth-order valence-electron chi connectivity index (χ4n) is 2.45. The van der Waals surface area contributed by atoms with Crippen molar-refractivity contribution in [2.75, 3.05) is 12.4 Å². The molecule has 0 bridgehead atoms. The number of nitrogens with one attached hydrogen (secondary N) is 1. The van der Waals surface area contributed by atoms with E-state index in [9.17, 15) is 0 Å². The minimum absolute atomic E-state index is 0.634. The monoisotopic (exact) mass is 268 g/mol. The first-order valence-electron chi connectivity index (χ1n) is 6.87. The van der Waals surface area contributed by atoms with Gasteiger partial charge in [-0.05, 0) is 30.4 Å². The van der Waals surface area contributed by atoms with Crippen LogP contribution in [0.15, 0.2) is 30.7 Å². The minimum Gasteiger partial charge on any atom is -0.370 e. The third-order valence-corrected chi connectivity index (χ3v) is 3.69. The highest BCUT2D eigenvalue weighted by Gasteiger charge is 2.23. The topological polar surface area (TPSA) is 60.0 Å². The molecule has 0 unspecified atom stereocenters. The number of hydrogen-bond acceptors (Lipinski definition) is 4. The number of anilines is 1. The maximum absolute atomic E-state index is 4.62. The first kappa shape index (κ1) is 11.5. The third-order valence-electron chi connectivity index (χ3n) is 3.69. The first-order valence-corrected chi connectivity index (χ1v) is 6.87. The van der Waals surface area contributed by atoms with E-state index in [1.807, 2.05) is 13.2 Å². The second-order valence-corrected chi connectivity index (χ2v) is 5.29. The quantitative estimate of drug-likeness (QED) is 0.785. The predicted molar refractivity (Wildman–Crippen MR) is 75.8 cm³/mol. The van der Waals surface area contributed by atoms with Crippen LogP contribution in [0.2, 0.25) is 0 Å². The van der Waals surface area contributed by atoms with E-state index in [1.54, 1.807) is 4.68 Å². The highest BCUT2D eigenvalue weighted by Crippen LogP contribution is 2.39. The summed E-state index contributed by atoms with van der Waals surface area (Å²) in [5.74, 6) is 1.53. The standard InChI is InChI=1S/C14H16N6/c1-15-13-9-20(18-17-13)8-12-7-19-6-11(10-2-3-10)4-5-14(19)16-12/h4-7,9-10,15H,2-3,8H2,1H3. The molecule has 6 heteroatoms. The van der Waals surface area contributed by atoms with Crippen LogP contribution in [0.3, 0.4) is 0 Å². The second-order valence-electron chi connectivity index (χ2n) is 5.29. The van der Waals surface area contributed by atoms with E-state index in [1.165, 1.54) is 18.4 Å². The molecule has 6 nitrogen and oxygen atoms in total. The number of nitrogens with zero attached hydrogens (tertiary/aromatic N) is 5. The van der Waals surface area contributed by atoms with Crippen molar-refractivity contribution < 1.29 is 0 Å². The largest absolute Gasteiger partial charge is 0.370 e. The summed E-state index contributed by atoms with van der Waals surface area (Å²) in [5.41, 5.74) is 3.39. The van der Waals surface area contributed by atoms with E-state index in [4.69, 9.17) is 0 Å². The van der Waals surface area contributed by atoms with Crippen molar-refractivity contribution in [2.24, 2.45) is 0 Å². The average Bonchev–Trinajstić information content (AvgIpc) is 3.08. The highest BCUT2D eigenvalue weighted by atomic mass is 15.4. The molecule has 3 heterocycles. The van der Waals surface area contributed by atoms with Crippen LogP contribution in [0.25, 0.3) is 5.65 Å². The Labute approximate surface area is 116 Å². The smallest absolute Gasteiger partial charge is 0.168 e. The summed E-state index contributed by atoms with van der Waals surface area (Å²) in [4.78, 5) is 4.62. The van der Waals surface area contributed by atoms with Crippen molar-refractivity contribution in [3.05, 3.63) is 42.0 Å². The molecular formula is C14H16N6. The zero-order valence-corrected chi connectivity index (χ0v) is 11.3. The third kappa shape index (κ3) is 2.03. The number of imidazole rings is 1. The van der Waals surface area contributed by atoms with Gasteiger partial charge >= 0.3 is 0 Å². The molecule has 4 rings (SSSR count). The van der Waals surface area contributed by atoms with E-state index < -0.39 is 0 Å². The molecule has 3 aromatic heterocycles. The SMILES string of the molecule is CNc1cn(Cc2cn3cc(C4CC4)ccc3n2)nn1. The van der Waals surface area contributed by atoms with Gasteiger partial charge in [0.05, 0.1) is 18.4 Å². The van der Waals surface area contributed by atoms with Crippen LogP contribution in [0, 0.1) is 0 Å². The molecule has 0 spiro atoms. The van der Waals surface area contributed by atoms with Gasteiger partial charge in [0.2, 0.25) is 0 Å². The molecule has 0 radical (unpaired) electrons. The lowest BCUT2D eigenvalue weighted by molar-refractivity contribution is 0.641. The summed E-state index contributed by atoms with van der Waals surface area (Å²) in [6.45, 7) is 0.634. The van der Waals surface area contributed by atoms with Crippen LogP contribution >= 0.6 is 0 Å². The predicted octanol–water partition coefficient (Wildman–Crippen LogP) is 1.89. The van der Waals surface area contributed by atoms with Crippen LogP contribution in [-0.2, 0) is 6.54 Å².